The highest BCUT2D eigenvalue weighted by molar-refractivity contribution is 9.10. The molecule has 1 rings (SSSR count). The van der Waals surface area contributed by atoms with E-state index in [4.69, 9.17) is 0 Å². The van der Waals surface area contributed by atoms with Gasteiger partial charge in [0.15, 0.2) is 0 Å². The second-order valence-electron chi connectivity index (χ2n) is 2.24. The van der Waals surface area contributed by atoms with Crippen molar-refractivity contribution in [2.45, 2.75) is 11.2 Å². The van der Waals surface area contributed by atoms with Crippen molar-refractivity contribution >= 4 is 27.0 Å². The predicted octanol–water partition coefficient (Wildman–Crippen LogP) is 2.10. The van der Waals surface area contributed by atoms with Crippen LogP contribution < -0.4 is 0 Å². The van der Waals surface area contributed by atoms with Gasteiger partial charge in [-0.2, -0.15) is 13.2 Å². The second-order valence-corrected chi connectivity index (χ2v) is 4.01. The van der Waals surface area contributed by atoms with Crippen molar-refractivity contribution in [2.75, 3.05) is 0 Å². The fraction of sp³-hybridized carbons (Fsp3) is 0.167. The number of aromatic nitrogens is 1. The van der Waals surface area contributed by atoms with Crippen LogP contribution in [0.15, 0.2) is 21.8 Å². The van der Waals surface area contributed by atoms with E-state index in [9.17, 15) is 21.9 Å². The number of alkyl halides is 3. The summed E-state index contributed by atoms with van der Waals surface area (Å²) in [7, 11) is 0. The lowest BCUT2D eigenvalue weighted by atomic mass is 10.3. The van der Waals surface area contributed by atoms with Crippen molar-refractivity contribution in [2.24, 2.45) is 0 Å². The molecule has 14 heavy (non-hydrogen) atoms. The molecule has 0 saturated carbocycles. The first kappa shape index (κ1) is 11.6. The molecule has 8 heteroatoms. The summed E-state index contributed by atoms with van der Waals surface area (Å²) in [6, 6.07) is 0.665. The van der Waals surface area contributed by atoms with Crippen LogP contribution in [-0.2, 0) is 17.3 Å². The van der Waals surface area contributed by atoms with Crippen molar-refractivity contribution in [3.05, 3.63) is 22.3 Å². The molecule has 1 aromatic rings. The maximum absolute atomic E-state index is 12.3. The van der Waals surface area contributed by atoms with Gasteiger partial charge in [-0.25, -0.2) is 4.98 Å². The summed E-state index contributed by atoms with van der Waals surface area (Å²) in [6.45, 7) is 0. The Bertz CT molecular complexity index is 382. The Morgan fingerprint density at radius 1 is 1.50 bits per heavy atom. The molecular formula is C6H2BrF3NO2S-. The van der Waals surface area contributed by atoms with Gasteiger partial charge in [0.25, 0.3) is 0 Å². The van der Waals surface area contributed by atoms with Crippen LogP contribution in [0.1, 0.15) is 5.56 Å². The lowest BCUT2D eigenvalue weighted by Crippen LogP contribution is -2.11. The maximum atomic E-state index is 12.3. The van der Waals surface area contributed by atoms with Crippen molar-refractivity contribution in [3.8, 4) is 0 Å². The van der Waals surface area contributed by atoms with Gasteiger partial charge in [-0.05, 0) is 33.1 Å². The molecule has 0 aliphatic heterocycles. The molecule has 1 aromatic heterocycles. The standard InChI is InChI=1S/C6H3BrF3NO2S/c7-3-1-4(6(8,9)10)5(11-2-3)14(12)13/h1-2H,(H,12,13)/p-1. The molecule has 0 aliphatic carbocycles. The van der Waals surface area contributed by atoms with Gasteiger partial charge in [-0.3, -0.25) is 4.21 Å². The molecule has 0 aliphatic rings. The predicted molar refractivity (Wildman–Crippen MR) is 44.1 cm³/mol. The lowest BCUT2D eigenvalue weighted by Gasteiger charge is -2.13. The van der Waals surface area contributed by atoms with Gasteiger partial charge in [0.1, 0.15) is 5.03 Å². The number of halogens is 4. The molecule has 1 atom stereocenters. The minimum absolute atomic E-state index is 0.0685. The molecule has 0 spiro atoms. The van der Waals surface area contributed by atoms with E-state index < -0.39 is 27.8 Å². The number of hydrogen-bond acceptors (Lipinski definition) is 3. The van der Waals surface area contributed by atoms with Gasteiger partial charge >= 0.3 is 6.18 Å². The van der Waals surface area contributed by atoms with Crippen LogP contribution in [0.3, 0.4) is 0 Å². The third-order valence-electron chi connectivity index (χ3n) is 1.28. The Morgan fingerprint density at radius 3 is 2.50 bits per heavy atom. The van der Waals surface area contributed by atoms with E-state index in [1.165, 1.54) is 0 Å². The molecule has 78 valence electrons. The fourth-order valence-electron chi connectivity index (χ4n) is 0.763. The smallest absolute Gasteiger partial charge is 0.419 e. The van der Waals surface area contributed by atoms with Crippen molar-refractivity contribution in [3.63, 3.8) is 0 Å². The molecular weight excluding hydrogens is 287 g/mol. The first-order valence-electron chi connectivity index (χ1n) is 3.14. The van der Waals surface area contributed by atoms with Crippen LogP contribution in [0.25, 0.3) is 0 Å². The number of nitrogens with zero attached hydrogens (tertiary/aromatic N) is 1. The minimum atomic E-state index is -4.73. The van der Waals surface area contributed by atoms with Gasteiger partial charge in [-0.15, -0.1) is 0 Å². The third-order valence-corrected chi connectivity index (χ3v) is 2.36. The van der Waals surface area contributed by atoms with Gasteiger partial charge < -0.3 is 4.55 Å². The van der Waals surface area contributed by atoms with E-state index in [0.29, 0.717) is 6.07 Å². The highest BCUT2D eigenvalue weighted by atomic mass is 79.9. The summed E-state index contributed by atoms with van der Waals surface area (Å²) >= 11 is -0.223. The van der Waals surface area contributed by atoms with Gasteiger partial charge in [-0.1, -0.05) is 0 Å². The van der Waals surface area contributed by atoms with Gasteiger partial charge in [0.2, 0.25) is 0 Å². The third kappa shape index (κ3) is 2.52. The molecule has 1 unspecified atom stereocenters. The van der Waals surface area contributed by atoms with E-state index >= 15 is 0 Å². The van der Waals surface area contributed by atoms with E-state index in [1.54, 1.807) is 0 Å². The first-order valence-corrected chi connectivity index (χ1v) is 5.01. The maximum Gasteiger partial charge on any atom is 0.419 e. The average Bonchev–Trinajstić information content (AvgIpc) is 2.01. The SMILES string of the molecule is O=S([O-])c1ncc(Br)cc1C(F)(F)F. The van der Waals surface area contributed by atoms with Crippen LogP contribution in [-0.4, -0.2) is 13.7 Å². The molecule has 3 nitrogen and oxygen atoms in total. The highest BCUT2D eigenvalue weighted by Gasteiger charge is 2.34. The highest BCUT2D eigenvalue weighted by Crippen LogP contribution is 2.33. The molecule has 0 N–H and O–H groups in total. The zero-order valence-electron chi connectivity index (χ0n) is 6.34. The quantitative estimate of drug-likeness (QED) is 0.744. The summed E-state index contributed by atoms with van der Waals surface area (Å²) in [4.78, 5) is 3.16. The van der Waals surface area contributed by atoms with Gasteiger partial charge in [0.05, 0.1) is 5.56 Å². The van der Waals surface area contributed by atoms with Crippen LogP contribution in [0.2, 0.25) is 0 Å². The number of rotatable bonds is 1. The molecule has 0 radical (unpaired) electrons. The summed E-state index contributed by atoms with van der Waals surface area (Å²) in [5, 5.41) is -0.999. The summed E-state index contributed by atoms with van der Waals surface area (Å²) in [6.07, 6.45) is -3.74. The molecule has 0 saturated heterocycles. The Kier molecular flexibility index (Phi) is 3.28. The zero-order chi connectivity index (χ0) is 10.9. The van der Waals surface area contributed by atoms with Crippen molar-refractivity contribution in [1.82, 2.24) is 4.98 Å². The van der Waals surface area contributed by atoms with E-state index in [1.807, 2.05) is 0 Å². The van der Waals surface area contributed by atoms with Crippen molar-refractivity contribution in [1.29, 1.82) is 0 Å². The van der Waals surface area contributed by atoms with Crippen LogP contribution in [0.4, 0.5) is 13.2 Å². The van der Waals surface area contributed by atoms with Crippen LogP contribution >= 0.6 is 15.9 Å². The molecule has 0 amide bonds. The normalized spacial score (nSPS) is 14.1. The van der Waals surface area contributed by atoms with E-state index in [0.717, 1.165) is 6.20 Å². The largest absolute Gasteiger partial charge is 0.767 e. The van der Waals surface area contributed by atoms with Crippen LogP contribution in [0, 0.1) is 0 Å². The van der Waals surface area contributed by atoms with Gasteiger partial charge in [0, 0.05) is 10.7 Å². The Balaban J connectivity index is 3.38. The topological polar surface area (TPSA) is 53.0 Å². The number of pyridine rings is 1. The average molecular weight is 289 g/mol. The fourth-order valence-corrected chi connectivity index (χ4v) is 1.59. The minimum Gasteiger partial charge on any atom is -0.767 e. The molecule has 0 bridgehead atoms. The molecule has 0 fully saturated rings. The lowest BCUT2D eigenvalue weighted by molar-refractivity contribution is -0.140. The summed E-state index contributed by atoms with van der Waals surface area (Å²) < 4.78 is 57.6. The summed E-state index contributed by atoms with van der Waals surface area (Å²) in [5.74, 6) is 0. The molecule has 1 heterocycles. The van der Waals surface area contributed by atoms with E-state index in [2.05, 4.69) is 20.9 Å². The Hall–Kier alpha value is -0.470. The first-order chi connectivity index (χ1) is 6.32. The monoisotopic (exact) mass is 288 g/mol. The van der Waals surface area contributed by atoms with Crippen molar-refractivity contribution < 1.29 is 21.9 Å². The Labute approximate surface area is 87.8 Å². The number of hydrogen-bond donors (Lipinski definition) is 0. The Morgan fingerprint density at radius 2 is 2.07 bits per heavy atom. The van der Waals surface area contributed by atoms with E-state index in [-0.39, 0.29) is 4.47 Å². The van der Waals surface area contributed by atoms with Crippen LogP contribution in [0.5, 0.6) is 0 Å². The molecule has 0 aromatic carbocycles. The zero-order valence-corrected chi connectivity index (χ0v) is 8.74. The summed E-state index contributed by atoms with van der Waals surface area (Å²) in [5.41, 5.74) is -1.28. The second kappa shape index (κ2) is 3.95.